The van der Waals surface area contributed by atoms with Crippen LogP contribution in [0.25, 0.3) is 0 Å². The maximum Gasteiger partial charge on any atom is 0.323 e. The van der Waals surface area contributed by atoms with Crippen LogP contribution in [0.5, 0.6) is 0 Å². The van der Waals surface area contributed by atoms with Crippen LogP contribution in [0.2, 0.25) is 0 Å². The van der Waals surface area contributed by atoms with E-state index in [0.29, 0.717) is 6.54 Å². The first-order valence-electron chi connectivity index (χ1n) is 5.73. The van der Waals surface area contributed by atoms with Gasteiger partial charge in [-0.1, -0.05) is 13.3 Å². The molecule has 1 aliphatic carbocycles. The van der Waals surface area contributed by atoms with Gasteiger partial charge in [-0.2, -0.15) is 0 Å². The van der Waals surface area contributed by atoms with Gasteiger partial charge in [0.2, 0.25) is 0 Å². The fourth-order valence-electron chi connectivity index (χ4n) is 1.88. The lowest BCUT2D eigenvalue weighted by Gasteiger charge is -2.32. The standard InChI is InChI=1S/C11H22N2O2/c1-3-13(7-9-5-4-6-9)8-10(12)11(14)15-2/h9-10H,3-8,12H2,1-2H3. The smallest absolute Gasteiger partial charge is 0.323 e. The van der Waals surface area contributed by atoms with Crippen LogP contribution in [-0.4, -0.2) is 43.7 Å². The van der Waals surface area contributed by atoms with Crippen molar-refractivity contribution in [3.8, 4) is 0 Å². The molecular weight excluding hydrogens is 192 g/mol. The van der Waals surface area contributed by atoms with Crippen molar-refractivity contribution in [1.82, 2.24) is 4.90 Å². The van der Waals surface area contributed by atoms with Gasteiger partial charge in [0.05, 0.1) is 7.11 Å². The van der Waals surface area contributed by atoms with Crippen LogP contribution < -0.4 is 5.73 Å². The third-order valence-corrected chi connectivity index (χ3v) is 3.15. The Morgan fingerprint density at radius 1 is 1.60 bits per heavy atom. The summed E-state index contributed by atoms with van der Waals surface area (Å²) in [5.74, 6) is 0.497. The third-order valence-electron chi connectivity index (χ3n) is 3.15. The first-order valence-corrected chi connectivity index (χ1v) is 5.73. The van der Waals surface area contributed by atoms with E-state index in [2.05, 4.69) is 16.6 Å². The number of hydrogen-bond donors (Lipinski definition) is 1. The molecule has 0 bridgehead atoms. The largest absolute Gasteiger partial charge is 0.468 e. The van der Waals surface area contributed by atoms with E-state index in [0.717, 1.165) is 19.0 Å². The summed E-state index contributed by atoms with van der Waals surface area (Å²) in [5, 5.41) is 0. The summed E-state index contributed by atoms with van der Waals surface area (Å²) >= 11 is 0. The lowest BCUT2D eigenvalue weighted by atomic mass is 9.85. The van der Waals surface area contributed by atoms with Crippen molar-refractivity contribution < 1.29 is 9.53 Å². The fraction of sp³-hybridized carbons (Fsp3) is 0.909. The van der Waals surface area contributed by atoms with Gasteiger partial charge in [-0.3, -0.25) is 4.79 Å². The quantitative estimate of drug-likeness (QED) is 0.658. The molecule has 1 rings (SSSR count). The highest BCUT2D eigenvalue weighted by molar-refractivity contribution is 5.75. The van der Waals surface area contributed by atoms with Crippen molar-refractivity contribution in [3.05, 3.63) is 0 Å². The minimum Gasteiger partial charge on any atom is -0.468 e. The first kappa shape index (κ1) is 12.5. The molecule has 0 aromatic carbocycles. The minimum absolute atomic E-state index is 0.318. The van der Waals surface area contributed by atoms with E-state index in [9.17, 15) is 4.79 Å². The Balaban J connectivity index is 2.28. The molecule has 1 saturated carbocycles. The van der Waals surface area contributed by atoms with E-state index in [-0.39, 0.29) is 5.97 Å². The summed E-state index contributed by atoms with van der Waals surface area (Å²) in [5.41, 5.74) is 5.72. The Hall–Kier alpha value is -0.610. The molecule has 0 saturated heterocycles. The molecule has 0 aliphatic heterocycles. The number of methoxy groups -OCH3 is 1. The Morgan fingerprint density at radius 3 is 2.67 bits per heavy atom. The molecule has 1 aliphatic rings. The number of carbonyl (C=O) groups is 1. The van der Waals surface area contributed by atoms with Crippen LogP contribution in [-0.2, 0) is 9.53 Å². The molecule has 0 spiro atoms. The average molecular weight is 214 g/mol. The van der Waals surface area contributed by atoms with Gasteiger partial charge in [0.15, 0.2) is 0 Å². The number of hydrogen-bond acceptors (Lipinski definition) is 4. The maximum absolute atomic E-state index is 11.2. The van der Waals surface area contributed by atoms with Gasteiger partial charge in [0.25, 0.3) is 0 Å². The van der Waals surface area contributed by atoms with E-state index in [1.165, 1.54) is 26.4 Å². The van der Waals surface area contributed by atoms with Gasteiger partial charge >= 0.3 is 5.97 Å². The van der Waals surface area contributed by atoms with Gasteiger partial charge in [-0.15, -0.1) is 0 Å². The van der Waals surface area contributed by atoms with Gasteiger partial charge < -0.3 is 15.4 Å². The number of rotatable bonds is 6. The van der Waals surface area contributed by atoms with E-state index in [4.69, 9.17) is 5.73 Å². The maximum atomic E-state index is 11.2. The highest BCUT2D eigenvalue weighted by Gasteiger charge is 2.23. The molecule has 0 aromatic heterocycles. The zero-order valence-electron chi connectivity index (χ0n) is 9.74. The monoisotopic (exact) mass is 214 g/mol. The van der Waals surface area contributed by atoms with E-state index >= 15 is 0 Å². The molecule has 2 N–H and O–H groups in total. The molecule has 4 heteroatoms. The van der Waals surface area contributed by atoms with Crippen molar-refractivity contribution in [3.63, 3.8) is 0 Å². The Bertz CT molecular complexity index is 205. The molecule has 1 atom stereocenters. The Kier molecular flexibility index (Phi) is 5.05. The first-order chi connectivity index (χ1) is 7.17. The normalized spacial score (nSPS) is 18.7. The highest BCUT2D eigenvalue weighted by Crippen LogP contribution is 2.26. The van der Waals surface area contributed by atoms with Gasteiger partial charge in [0, 0.05) is 13.1 Å². The molecule has 88 valence electrons. The van der Waals surface area contributed by atoms with Crippen LogP contribution in [0.4, 0.5) is 0 Å². The van der Waals surface area contributed by atoms with Crippen molar-refractivity contribution in [2.45, 2.75) is 32.2 Å². The summed E-state index contributed by atoms with van der Waals surface area (Å²) in [6.45, 7) is 4.73. The van der Waals surface area contributed by atoms with E-state index in [1.54, 1.807) is 0 Å². The number of nitrogens with zero attached hydrogens (tertiary/aromatic N) is 1. The molecule has 0 radical (unpaired) electrons. The zero-order chi connectivity index (χ0) is 11.3. The van der Waals surface area contributed by atoms with Gasteiger partial charge in [-0.05, 0) is 25.3 Å². The lowest BCUT2D eigenvalue weighted by Crippen LogP contribution is -2.45. The molecule has 1 fully saturated rings. The number of carbonyl (C=O) groups excluding carboxylic acids is 1. The summed E-state index contributed by atoms with van der Waals surface area (Å²) < 4.78 is 4.61. The lowest BCUT2D eigenvalue weighted by molar-refractivity contribution is -0.142. The predicted molar refractivity (Wildman–Crippen MR) is 59.4 cm³/mol. The van der Waals surface area contributed by atoms with Crippen molar-refractivity contribution in [2.24, 2.45) is 11.7 Å². The van der Waals surface area contributed by atoms with Gasteiger partial charge in [-0.25, -0.2) is 0 Å². The molecule has 0 heterocycles. The topological polar surface area (TPSA) is 55.6 Å². The van der Waals surface area contributed by atoms with Crippen molar-refractivity contribution in [1.29, 1.82) is 0 Å². The zero-order valence-corrected chi connectivity index (χ0v) is 9.74. The molecule has 15 heavy (non-hydrogen) atoms. The molecular formula is C11H22N2O2. The van der Waals surface area contributed by atoms with Crippen molar-refractivity contribution >= 4 is 5.97 Å². The third kappa shape index (κ3) is 3.80. The van der Waals surface area contributed by atoms with E-state index in [1.807, 2.05) is 0 Å². The van der Waals surface area contributed by atoms with Crippen LogP contribution in [0.15, 0.2) is 0 Å². The second-order valence-electron chi connectivity index (χ2n) is 4.28. The van der Waals surface area contributed by atoms with Crippen LogP contribution in [0.3, 0.4) is 0 Å². The Labute approximate surface area is 91.8 Å². The summed E-state index contributed by atoms with van der Waals surface area (Å²) in [6, 6.07) is -0.505. The number of likely N-dealkylation sites (N-methyl/N-ethyl adjacent to an activating group) is 1. The fourth-order valence-corrected chi connectivity index (χ4v) is 1.88. The second kappa shape index (κ2) is 6.08. The van der Waals surface area contributed by atoms with Gasteiger partial charge in [0.1, 0.15) is 6.04 Å². The predicted octanol–water partition coefficient (Wildman–Crippen LogP) is 0.609. The number of esters is 1. The SMILES string of the molecule is CCN(CC1CCC1)CC(N)C(=O)OC. The second-order valence-corrected chi connectivity index (χ2v) is 4.28. The van der Waals surface area contributed by atoms with E-state index < -0.39 is 6.04 Å². The van der Waals surface area contributed by atoms with Crippen molar-refractivity contribution in [2.75, 3.05) is 26.7 Å². The molecule has 4 nitrogen and oxygen atoms in total. The highest BCUT2D eigenvalue weighted by atomic mass is 16.5. The molecule has 0 aromatic rings. The summed E-state index contributed by atoms with van der Waals surface area (Å²) in [6.07, 6.45) is 4.00. The molecule has 1 unspecified atom stereocenters. The van der Waals surface area contributed by atoms with Crippen LogP contribution in [0.1, 0.15) is 26.2 Å². The average Bonchev–Trinajstić information content (AvgIpc) is 2.19. The summed E-state index contributed by atoms with van der Waals surface area (Å²) in [4.78, 5) is 13.4. The minimum atomic E-state index is -0.505. The summed E-state index contributed by atoms with van der Waals surface area (Å²) in [7, 11) is 1.38. The Morgan fingerprint density at radius 2 is 2.27 bits per heavy atom. The molecule has 0 amide bonds. The van der Waals surface area contributed by atoms with Crippen LogP contribution >= 0.6 is 0 Å². The van der Waals surface area contributed by atoms with Crippen LogP contribution in [0, 0.1) is 5.92 Å². The number of nitrogens with two attached hydrogens (primary N) is 1. The number of ether oxygens (including phenoxy) is 1.